The predicted molar refractivity (Wildman–Crippen MR) is 75.6 cm³/mol. The van der Waals surface area contributed by atoms with Crippen LogP contribution in [0.15, 0.2) is 35.0 Å². The van der Waals surface area contributed by atoms with E-state index in [1.165, 1.54) is 11.1 Å². The van der Waals surface area contributed by atoms with Crippen molar-refractivity contribution in [3.05, 3.63) is 53.2 Å². The van der Waals surface area contributed by atoms with Crippen LogP contribution in [0.25, 0.3) is 0 Å². The molecule has 0 aliphatic heterocycles. The molecule has 4 nitrogen and oxygen atoms in total. The zero-order chi connectivity index (χ0) is 13.7. The monoisotopic (exact) mass is 259 g/mol. The topological polar surface area (TPSA) is 41.3 Å². The third kappa shape index (κ3) is 3.91. The quantitative estimate of drug-likeness (QED) is 0.864. The van der Waals surface area contributed by atoms with Gasteiger partial charge in [-0.25, -0.2) is 0 Å². The molecule has 0 bridgehead atoms. The summed E-state index contributed by atoms with van der Waals surface area (Å²) in [4.78, 5) is 6.26. The Bertz CT molecular complexity index is 507. The fourth-order valence-corrected chi connectivity index (χ4v) is 2.15. The molecule has 0 unspecified atom stereocenters. The first-order chi connectivity index (χ1) is 9.19. The third-order valence-electron chi connectivity index (χ3n) is 3.07. The number of furan rings is 1. The number of aromatic nitrogens is 1. The Kier molecular flexibility index (Phi) is 4.71. The van der Waals surface area contributed by atoms with E-state index in [1.807, 2.05) is 38.5 Å². The molecule has 2 aromatic rings. The lowest BCUT2D eigenvalue weighted by molar-refractivity contribution is 0.285. The minimum atomic E-state index is 0.812. The van der Waals surface area contributed by atoms with Crippen LogP contribution in [0.5, 0.6) is 0 Å². The van der Waals surface area contributed by atoms with Gasteiger partial charge >= 0.3 is 0 Å². The van der Waals surface area contributed by atoms with Gasteiger partial charge < -0.3 is 9.73 Å². The largest absolute Gasteiger partial charge is 0.465 e. The van der Waals surface area contributed by atoms with Crippen molar-refractivity contribution in [3.63, 3.8) is 0 Å². The standard InChI is InChI=1S/C15H21N3O/c1-12-14(9-16-2)8-15(19-12)11-18(3)10-13-4-6-17-7-5-13/h4-8,16H,9-11H2,1-3H3. The van der Waals surface area contributed by atoms with E-state index in [1.54, 1.807) is 0 Å². The van der Waals surface area contributed by atoms with E-state index in [9.17, 15) is 0 Å². The molecule has 19 heavy (non-hydrogen) atoms. The summed E-state index contributed by atoms with van der Waals surface area (Å²) < 4.78 is 5.78. The van der Waals surface area contributed by atoms with E-state index in [4.69, 9.17) is 4.42 Å². The highest BCUT2D eigenvalue weighted by Gasteiger charge is 2.09. The number of hydrogen-bond donors (Lipinski definition) is 1. The number of aryl methyl sites for hydroxylation is 1. The molecule has 0 fully saturated rings. The molecule has 0 radical (unpaired) electrons. The highest BCUT2D eigenvalue weighted by atomic mass is 16.3. The molecule has 0 aliphatic carbocycles. The Balaban J connectivity index is 1.95. The van der Waals surface area contributed by atoms with Crippen molar-refractivity contribution < 1.29 is 4.42 Å². The minimum Gasteiger partial charge on any atom is -0.465 e. The maximum absolute atomic E-state index is 5.78. The van der Waals surface area contributed by atoms with Gasteiger partial charge in [0.25, 0.3) is 0 Å². The Morgan fingerprint density at radius 2 is 2.00 bits per heavy atom. The van der Waals surface area contributed by atoms with Crippen LogP contribution in [0, 0.1) is 6.92 Å². The first-order valence-electron chi connectivity index (χ1n) is 6.49. The van der Waals surface area contributed by atoms with Crippen LogP contribution in [0.1, 0.15) is 22.6 Å². The zero-order valence-corrected chi connectivity index (χ0v) is 11.8. The molecule has 4 heteroatoms. The van der Waals surface area contributed by atoms with Crippen molar-refractivity contribution >= 4 is 0 Å². The average Bonchev–Trinajstić information content (AvgIpc) is 2.71. The molecule has 0 saturated heterocycles. The van der Waals surface area contributed by atoms with Crippen molar-refractivity contribution in [2.75, 3.05) is 14.1 Å². The highest BCUT2D eigenvalue weighted by molar-refractivity contribution is 5.20. The minimum absolute atomic E-state index is 0.812. The van der Waals surface area contributed by atoms with Gasteiger partial charge in [-0.1, -0.05) is 0 Å². The zero-order valence-electron chi connectivity index (χ0n) is 11.8. The van der Waals surface area contributed by atoms with Gasteiger partial charge in [0.1, 0.15) is 11.5 Å². The summed E-state index contributed by atoms with van der Waals surface area (Å²) in [5.74, 6) is 2.01. The van der Waals surface area contributed by atoms with Gasteiger partial charge in [-0.3, -0.25) is 9.88 Å². The molecule has 0 aliphatic rings. The second-order valence-electron chi connectivity index (χ2n) is 4.85. The maximum atomic E-state index is 5.78. The van der Waals surface area contributed by atoms with Crippen LogP contribution in [0.3, 0.4) is 0 Å². The summed E-state index contributed by atoms with van der Waals surface area (Å²) in [7, 11) is 4.04. The Hall–Kier alpha value is -1.65. The molecule has 102 valence electrons. The summed E-state index contributed by atoms with van der Waals surface area (Å²) >= 11 is 0. The van der Waals surface area contributed by atoms with Crippen LogP contribution in [0.2, 0.25) is 0 Å². The van der Waals surface area contributed by atoms with Gasteiger partial charge in [0, 0.05) is 31.0 Å². The first-order valence-corrected chi connectivity index (χ1v) is 6.49. The van der Waals surface area contributed by atoms with E-state index in [0.717, 1.165) is 31.2 Å². The van der Waals surface area contributed by atoms with Crippen molar-refractivity contribution in [1.29, 1.82) is 0 Å². The molecule has 2 heterocycles. The van der Waals surface area contributed by atoms with E-state index in [-0.39, 0.29) is 0 Å². The molecule has 1 N–H and O–H groups in total. The summed E-state index contributed by atoms with van der Waals surface area (Å²) in [5, 5.41) is 3.15. The highest BCUT2D eigenvalue weighted by Crippen LogP contribution is 2.16. The smallest absolute Gasteiger partial charge is 0.118 e. The number of pyridine rings is 1. The number of nitrogens with one attached hydrogen (secondary N) is 1. The normalized spacial score (nSPS) is 11.2. The molecule has 2 rings (SSSR count). The summed E-state index contributed by atoms with van der Waals surface area (Å²) in [6.07, 6.45) is 3.65. The first kappa shape index (κ1) is 13.8. The number of nitrogens with zero attached hydrogens (tertiary/aromatic N) is 2. The van der Waals surface area contributed by atoms with Crippen LogP contribution < -0.4 is 5.32 Å². The van der Waals surface area contributed by atoms with Crippen LogP contribution >= 0.6 is 0 Å². The van der Waals surface area contributed by atoms with Gasteiger partial charge in [-0.15, -0.1) is 0 Å². The Morgan fingerprint density at radius 1 is 1.26 bits per heavy atom. The summed E-state index contributed by atoms with van der Waals surface area (Å²) in [5.41, 5.74) is 2.49. The molecule has 0 saturated carbocycles. The van der Waals surface area contributed by atoms with Crippen molar-refractivity contribution in [2.24, 2.45) is 0 Å². The Morgan fingerprint density at radius 3 is 2.68 bits per heavy atom. The van der Waals surface area contributed by atoms with Crippen LogP contribution in [-0.4, -0.2) is 24.0 Å². The fourth-order valence-electron chi connectivity index (χ4n) is 2.15. The lowest BCUT2D eigenvalue weighted by Gasteiger charge is -2.14. The molecular formula is C15H21N3O. The van der Waals surface area contributed by atoms with Crippen molar-refractivity contribution in [2.45, 2.75) is 26.6 Å². The fraction of sp³-hybridized carbons (Fsp3) is 0.400. The molecular weight excluding hydrogens is 238 g/mol. The van der Waals surface area contributed by atoms with E-state index in [0.29, 0.717) is 0 Å². The third-order valence-corrected chi connectivity index (χ3v) is 3.07. The predicted octanol–water partition coefficient (Wildman–Crippen LogP) is 2.33. The van der Waals surface area contributed by atoms with Gasteiger partial charge in [0.2, 0.25) is 0 Å². The summed E-state index contributed by atoms with van der Waals surface area (Å²) in [6.45, 7) is 4.57. The summed E-state index contributed by atoms with van der Waals surface area (Å²) in [6, 6.07) is 6.21. The molecule has 0 amide bonds. The van der Waals surface area contributed by atoms with E-state index in [2.05, 4.69) is 28.3 Å². The Labute approximate surface area is 114 Å². The average molecular weight is 259 g/mol. The van der Waals surface area contributed by atoms with Crippen LogP contribution in [0.4, 0.5) is 0 Å². The van der Waals surface area contributed by atoms with E-state index >= 15 is 0 Å². The molecule has 2 aromatic heterocycles. The van der Waals surface area contributed by atoms with Gasteiger partial charge in [0.15, 0.2) is 0 Å². The second-order valence-corrected chi connectivity index (χ2v) is 4.85. The number of rotatable bonds is 6. The second kappa shape index (κ2) is 6.50. The van der Waals surface area contributed by atoms with Crippen molar-refractivity contribution in [3.8, 4) is 0 Å². The maximum Gasteiger partial charge on any atom is 0.118 e. The van der Waals surface area contributed by atoms with E-state index < -0.39 is 0 Å². The molecule has 0 aromatic carbocycles. The van der Waals surface area contributed by atoms with Gasteiger partial charge in [0.05, 0.1) is 6.54 Å². The SMILES string of the molecule is CNCc1cc(CN(C)Cc2ccncc2)oc1C. The number of hydrogen-bond acceptors (Lipinski definition) is 4. The molecule has 0 spiro atoms. The van der Waals surface area contributed by atoms with Crippen LogP contribution in [-0.2, 0) is 19.6 Å². The lowest BCUT2D eigenvalue weighted by Crippen LogP contribution is -2.16. The lowest BCUT2D eigenvalue weighted by atomic mass is 10.2. The van der Waals surface area contributed by atoms with Gasteiger partial charge in [-0.2, -0.15) is 0 Å². The van der Waals surface area contributed by atoms with Gasteiger partial charge in [-0.05, 0) is 44.8 Å². The van der Waals surface area contributed by atoms with Crippen molar-refractivity contribution in [1.82, 2.24) is 15.2 Å². The molecule has 0 atom stereocenters.